The third-order valence-corrected chi connectivity index (χ3v) is 6.33. The zero-order chi connectivity index (χ0) is 23.1. The molecule has 5 heteroatoms. The predicted molar refractivity (Wildman–Crippen MR) is 132 cm³/mol. The molecule has 0 spiro atoms. The molecule has 2 aromatic carbocycles. The Hall–Kier alpha value is -2.53. The number of nitrogens with zero attached hydrogens (tertiary/aromatic N) is 1. The van der Waals surface area contributed by atoms with Gasteiger partial charge in [-0.15, -0.1) is 0 Å². The Kier molecular flexibility index (Phi) is 6.12. The molecule has 0 radical (unpaired) electrons. The lowest BCUT2D eigenvalue weighted by Crippen LogP contribution is -2.19. The van der Waals surface area contributed by atoms with Crippen molar-refractivity contribution in [2.24, 2.45) is 4.99 Å². The van der Waals surface area contributed by atoms with Gasteiger partial charge in [0.2, 0.25) is 0 Å². The molecule has 0 atom stereocenters. The Morgan fingerprint density at radius 1 is 0.935 bits per heavy atom. The molecule has 0 bridgehead atoms. The van der Waals surface area contributed by atoms with Crippen LogP contribution in [-0.4, -0.2) is 16.2 Å². The highest BCUT2D eigenvalue weighted by Gasteiger charge is 2.28. The van der Waals surface area contributed by atoms with Gasteiger partial charge in [0.15, 0.2) is 5.17 Å². The second kappa shape index (κ2) is 8.19. The minimum atomic E-state index is -0.223. The number of carbonyl (C=O) groups is 1. The van der Waals surface area contributed by atoms with Crippen molar-refractivity contribution in [2.75, 3.05) is 0 Å². The molecule has 0 aromatic heterocycles. The van der Waals surface area contributed by atoms with E-state index in [0.717, 1.165) is 22.4 Å². The third-order valence-electron chi connectivity index (χ3n) is 5.42. The van der Waals surface area contributed by atoms with Crippen LogP contribution in [0.25, 0.3) is 6.08 Å². The van der Waals surface area contributed by atoms with Crippen molar-refractivity contribution >= 4 is 34.6 Å². The Labute approximate surface area is 189 Å². The van der Waals surface area contributed by atoms with Gasteiger partial charge in [0, 0.05) is 11.1 Å². The van der Waals surface area contributed by atoms with Gasteiger partial charge in [-0.05, 0) is 83.5 Å². The number of rotatable bonds is 2. The zero-order valence-corrected chi connectivity index (χ0v) is 20.5. The van der Waals surface area contributed by atoms with Crippen LogP contribution in [0.4, 0.5) is 5.69 Å². The maximum Gasteiger partial charge on any atom is 0.264 e. The molecule has 4 nitrogen and oxygen atoms in total. The number of benzene rings is 2. The van der Waals surface area contributed by atoms with Crippen molar-refractivity contribution in [1.82, 2.24) is 5.32 Å². The number of amides is 1. The first kappa shape index (κ1) is 23.1. The van der Waals surface area contributed by atoms with E-state index in [1.54, 1.807) is 0 Å². The van der Waals surface area contributed by atoms with Crippen LogP contribution in [0.5, 0.6) is 5.75 Å². The van der Waals surface area contributed by atoms with Crippen LogP contribution in [0, 0.1) is 13.8 Å². The molecule has 0 saturated carbocycles. The van der Waals surface area contributed by atoms with Gasteiger partial charge in [-0.1, -0.05) is 47.6 Å². The number of phenolic OH excluding ortho intramolecular Hbond substituents is 1. The molecule has 0 aliphatic carbocycles. The van der Waals surface area contributed by atoms with E-state index in [1.807, 2.05) is 36.4 Å². The summed E-state index contributed by atoms with van der Waals surface area (Å²) < 4.78 is 0. The fourth-order valence-corrected chi connectivity index (χ4v) is 4.27. The largest absolute Gasteiger partial charge is 0.507 e. The van der Waals surface area contributed by atoms with Crippen molar-refractivity contribution in [2.45, 2.75) is 66.2 Å². The van der Waals surface area contributed by atoms with Crippen molar-refractivity contribution in [1.29, 1.82) is 0 Å². The van der Waals surface area contributed by atoms with E-state index in [1.165, 1.54) is 22.9 Å². The number of amidine groups is 1. The zero-order valence-electron chi connectivity index (χ0n) is 19.7. The highest BCUT2D eigenvalue weighted by Crippen LogP contribution is 2.40. The number of aryl methyl sites for hydroxylation is 2. The van der Waals surface area contributed by atoms with Gasteiger partial charge in [-0.3, -0.25) is 4.79 Å². The summed E-state index contributed by atoms with van der Waals surface area (Å²) >= 11 is 1.34. The predicted octanol–water partition coefficient (Wildman–Crippen LogP) is 6.50. The van der Waals surface area contributed by atoms with Gasteiger partial charge in [0.05, 0.1) is 10.6 Å². The van der Waals surface area contributed by atoms with Crippen molar-refractivity contribution in [3.05, 3.63) is 63.1 Å². The number of phenols is 1. The van der Waals surface area contributed by atoms with Gasteiger partial charge in [0.1, 0.15) is 5.75 Å². The fraction of sp³-hybridized carbons (Fsp3) is 0.385. The van der Waals surface area contributed by atoms with E-state index in [-0.39, 0.29) is 16.7 Å². The summed E-state index contributed by atoms with van der Waals surface area (Å²) in [5, 5.41) is 14.4. The summed E-state index contributed by atoms with van der Waals surface area (Å²) in [4.78, 5) is 17.8. The van der Waals surface area contributed by atoms with E-state index in [2.05, 4.69) is 65.7 Å². The maximum absolute atomic E-state index is 12.6. The van der Waals surface area contributed by atoms with E-state index in [0.29, 0.717) is 15.8 Å². The lowest BCUT2D eigenvalue weighted by Gasteiger charge is -2.28. The third kappa shape index (κ3) is 5.21. The summed E-state index contributed by atoms with van der Waals surface area (Å²) in [6.07, 6.45) is 1.88. The van der Waals surface area contributed by atoms with Crippen LogP contribution >= 0.6 is 11.8 Å². The summed E-state index contributed by atoms with van der Waals surface area (Å²) in [6.45, 7) is 16.6. The van der Waals surface area contributed by atoms with E-state index >= 15 is 0 Å². The molecule has 3 rings (SSSR count). The monoisotopic (exact) mass is 436 g/mol. The maximum atomic E-state index is 12.6. The van der Waals surface area contributed by atoms with Gasteiger partial charge in [0.25, 0.3) is 5.91 Å². The molecule has 0 unspecified atom stereocenters. The molecule has 1 saturated heterocycles. The van der Waals surface area contributed by atoms with Crippen molar-refractivity contribution in [3.63, 3.8) is 0 Å². The smallest absolute Gasteiger partial charge is 0.264 e. The van der Waals surface area contributed by atoms with Gasteiger partial charge in [-0.2, -0.15) is 0 Å². The van der Waals surface area contributed by atoms with Crippen LogP contribution in [0.2, 0.25) is 0 Å². The molecular weight excluding hydrogens is 404 g/mol. The summed E-state index contributed by atoms with van der Waals surface area (Å²) in [5.74, 6) is 0.179. The molecule has 31 heavy (non-hydrogen) atoms. The molecule has 1 aliphatic rings. The first-order valence-corrected chi connectivity index (χ1v) is 11.3. The molecule has 1 fully saturated rings. The van der Waals surface area contributed by atoms with Crippen LogP contribution in [-0.2, 0) is 15.6 Å². The number of hydrogen-bond acceptors (Lipinski definition) is 4. The SMILES string of the molecule is Cc1ccc(N=C2NC(=O)/C(=C/c3cc(C(C)(C)C)c(O)c(C(C)(C)C)c3)S2)cc1C. The first-order chi connectivity index (χ1) is 14.3. The van der Waals surface area contributed by atoms with E-state index < -0.39 is 0 Å². The minimum Gasteiger partial charge on any atom is -0.507 e. The lowest BCUT2D eigenvalue weighted by molar-refractivity contribution is -0.115. The van der Waals surface area contributed by atoms with Crippen LogP contribution in [0.15, 0.2) is 40.2 Å². The molecular formula is C26H32N2O2S. The number of hydrogen-bond donors (Lipinski definition) is 2. The minimum absolute atomic E-state index is 0.157. The number of aliphatic imine (C=N–C) groups is 1. The van der Waals surface area contributed by atoms with Crippen LogP contribution in [0.1, 0.15) is 69.4 Å². The second-order valence-electron chi connectivity index (χ2n) is 10.2. The number of nitrogens with one attached hydrogen (secondary N) is 1. The molecule has 1 heterocycles. The Morgan fingerprint density at radius 3 is 2.03 bits per heavy atom. The normalized spacial score (nSPS) is 17.5. The van der Waals surface area contributed by atoms with E-state index in [4.69, 9.17) is 0 Å². The Bertz CT molecular complexity index is 1060. The summed E-state index contributed by atoms with van der Waals surface area (Å²) in [7, 11) is 0. The van der Waals surface area contributed by atoms with Crippen LogP contribution in [0.3, 0.4) is 0 Å². The Balaban J connectivity index is 2.00. The highest BCUT2D eigenvalue weighted by molar-refractivity contribution is 8.18. The van der Waals surface area contributed by atoms with Gasteiger partial charge >= 0.3 is 0 Å². The lowest BCUT2D eigenvalue weighted by atomic mass is 9.78. The average molecular weight is 437 g/mol. The molecule has 164 valence electrons. The van der Waals surface area contributed by atoms with Gasteiger partial charge < -0.3 is 10.4 Å². The first-order valence-electron chi connectivity index (χ1n) is 10.5. The topological polar surface area (TPSA) is 61.7 Å². The number of carbonyl (C=O) groups excluding carboxylic acids is 1. The van der Waals surface area contributed by atoms with Gasteiger partial charge in [-0.25, -0.2) is 4.99 Å². The summed E-state index contributed by atoms with van der Waals surface area (Å²) in [6, 6.07) is 9.95. The highest BCUT2D eigenvalue weighted by atomic mass is 32.2. The quantitative estimate of drug-likeness (QED) is 0.529. The summed E-state index contributed by atoms with van der Waals surface area (Å²) in [5.41, 5.74) is 5.40. The molecule has 1 aliphatic heterocycles. The fourth-order valence-electron chi connectivity index (χ4n) is 3.43. The Morgan fingerprint density at radius 2 is 1.52 bits per heavy atom. The van der Waals surface area contributed by atoms with Crippen molar-refractivity contribution < 1.29 is 9.90 Å². The van der Waals surface area contributed by atoms with E-state index in [9.17, 15) is 9.90 Å². The molecule has 2 N–H and O–H groups in total. The second-order valence-corrected chi connectivity index (χ2v) is 11.2. The van der Waals surface area contributed by atoms with Crippen LogP contribution < -0.4 is 5.32 Å². The molecule has 2 aromatic rings. The number of aromatic hydroxyl groups is 1. The average Bonchev–Trinajstić information content (AvgIpc) is 2.96. The van der Waals surface area contributed by atoms with Crippen molar-refractivity contribution in [3.8, 4) is 5.75 Å². The molecule has 1 amide bonds. The standard InChI is InChI=1S/C26H32N2O2S/c1-15-9-10-18(11-16(15)2)27-24-28-23(30)21(31-24)14-17-12-19(25(3,4)5)22(29)20(13-17)26(6,7)8/h9-14,29H,1-8H3,(H,27,28,30)/b21-14-. The number of thioether (sulfide) groups is 1.